The number of anilines is 1. The Kier molecular flexibility index (Phi) is 5.52. The predicted octanol–water partition coefficient (Wildman–Crippen LogP) is 6.13. The van der Waals surface area contributed by atoms with E-state index < -0.39 is 0 Å². The number of rotatable bonds is 3. The summed E-state index contributed by atoms with van der Waals surface area (Å²) in [6, 6.07) is 18.3. The molecule has 0 radical (unpaired) electrons. The molecule has 0 aliphatic heterocycles. The van der Waals surface area contributed by atoms with Crippen molar-refractivity contribution in [3.8, 4) is 23.1 Å². The van der Waals surface area contributed by atoms with Gasteiger partial charge < -0.3 is 5.32 Å². The Labute approximate surface area is 184 Å². The first kappa shape index (κ1) is 20.7. The van der Waals surface area contributed by atoms with Crippen molar-refractivity contribution in [3.63, 3.8) is 0 Å². The van der Waals surface area contributed by atoms with Crippen molar-refractivity contribution >= 4 is 11.5 Å². The Morgan fingerprint density at radius 2 is 1.81 bits per heavy atom. The fourth-order valence-electron chi connectivity index (χ4n) is 3.41. The zero-order valence-corrected chi connectivity index (χ0v) is 18.8. The molecule has 0 amide bonds. The van der Waals surface area contributed by atoms with Gasteiger partial charge in [-0.15, -0.1) is 0 Å². The Morgan fingerprint density at radius 1 is 0.968 bits per heavy atom. The van der Waals surface area contributed by atoms with E-state index in [4.69, 9.17) is 4.98 Å². The third kappa shape index (κ3) is 4.78. The lowest BCUT2D eigenvalue weighted by Crippen LogP contribution is -2.27. The minimum atomic E-state index is -0.0994. The number of imidazole rings is 1. The number of hydrogen-bond donors (Lipinski definition) is 1. The van der Waals surface area contributed by atoms with Crippen LogP contribution in [-0.2, 0) is 0 Å². The van der Waals surface area contributed by atoms with Crippen LogP contribution in [0, 0.1) is 11.8 Å². The second kappa shape index (κ2) is 8.28. The Hall–Kier alpha value is -3.58. The van der Waals surface area contributed by atoms with Gasteiger partial charge in [-0.1, -0.05) is 38.0 Å². The molecule has 0 aliphatic carbocycles. The summed E-state index contributed by atoms with van der Waals surface area (Å²) in [4.78, 5) is 9.29. The van der Waals surface area contributed by atoms with E-state index in [0.29, 0.717) is 5.92 Å². The fourth-order valence-corrected chi connectivity index (χ4v) is 3.41. The van der Waals surface area contributed by atoms with Crippen molar-refractivity contribution in [1.29, 1.82) is 0 Å². The third-order valence-corrected chi connectivity index (χ3v) is 4.95. The number of nitrogens with zero attached hydrogens (tertiary/aromatic N) is 3. The van der Waals surface area contributed by atoms with Crippen LogP contribution in [0.4, 0.5) is 5.82 Å². The molecule has 1 N–H and O–H groups in total. The van der Waals surface area contributed by atoms with Crippen LogP contribution in [0.25, 0.3) is 16.9 Å². The van der Waals surface area contributed by atoms with Crippen LogP contribution in [0.15, 0.2) is 67.0 Å². The summed E-state index contributed by atoms with van der Waals surface area (Å²) >= 11 is 0. The van der Waals surface area contributed by atoms with Crippen molar-refractivity contribution in [2.24, 2.45) is 0 Å². The largest absolute Gasteiger partial charge is 0.365 e. The van der Waals surface area contributed by atoms with Crippen molar-refractivity contribution in [1.82, 2.24) is 14.4 Å². The molecule has 0 atom stereocenters. The molecular formula is C27H28N4. The molecule has 0 saturated heterocycles. The molecular weight excluding hydrogens is 380 g/mol. The Balaban J connectivity index is 1.81. The molecule has 0 fully saturated rings. The summed E-state index contributed by atoms with van der Waals surface area (Å²) in [5.74, 6) is 7.81. The Bertz CT molecular complexity index is 1270. The molecule has 4 rings (SSSR count). The Morgan fingerprint density at radius 3 is 2.52 bits per heavy atom. The highest BCUT2D eigenvalue weighted by atomic mass is 15.2. The summed E-state index contributed by atoms with van der Waals surface area (Å²) in [5, 5.41) is 3.65. The van der Waals surface area contributed by atoms with Crippen LogP contribution in [-0.4, -0.2) is 19.9 Å². The highest BCUT2D eigenvalue weighted by molar-refractivity contribution is 5.78. The lowest BCUT2D eigenvalue weighted by molar-refractivity contribution is 0.629. The molecule has 1 aromatic carbocycles. The topological polar surface area (TPSA) is 42.2 Å². The summed E-state index contributed by atoms with van der Waals surface area (Å²) in [7, 11) is 0. The van der Waals surface area contributed by atoms with Crippen molar-refractivity contribution in [2.45, 2.75) is 46.1 Å². The second-order valence-electron chi connectivity index (χ2n) is 9.07. The van der Waals surface area contributed by atoms with Gasteiger partial charge in [0, 0.05) is 29.1 Å². The van der Waals surface area contributed by atoms with Crippen molar-refractivity contribution < 1.29 is 0 Å². The minimum absolute atomic E-state index is 0.0994. The summed E-state index contributed by atoms with van der Waals surface area (Å²) in [5.41, 5.74) is 5.78. The molecule has 4 aromatic rings. The van der Waals surface area contributed by atoms with Gasteiger partial charge in [0.1, 0.15) is 22.9 Å². The first-order chi connectivity index (χ1) is 14.8. The zero-order chi connectivity index (χ0) is 22.0. The standard InChI is InChI=1S/C27H28N4/c1-19(2)21-14-16-31-24(18-21)29-25(26(31)30-27(3,4)5)22-10-8-9-20(17-22)12-13-23-11-6-7-15-28-23/h6-11,14-19,30H,1-5H3. The number of nitrogens with one attached hydrogen (secondary N) is 1. The van der Waals surface area contributed by atoms with Crippen LogP contribution in [0.2, 0.25) is 0 Å². The van der Waals surface area contributed by atoms with E-state index in [1.165, 1.54) is 5.56 Å². The van der Waals surface area contributed by atoms with Gasteiger partial charge >= 0.3 is 0 Å². The number of pyridine rings is 2. The molecule has 0 aliphatic rings. The summed E-state index contributed by atoms with van der Waals surface area (Å²) < 4.78 is 2.14. The van der Waals surface area contributed by atoms with E-state index in [1.54, 1.807) is 6.20 Å². The van der Waals surface area contributed by atoms with Crippen molar-refractivity contribution in [3.05, 3.63) is 83.8 Å². The molecule has 4 nitrogen and oxygen atoms in total. The number of benzene rings is 1. The van der Waals surface area contributed by atoms with Crippen LogP contribution in [0.1, 0.15) is 57.4 Å². The van der Waals surface area contributed by atoms with E-state index in [1.807, 2.05) is 30.3 Å². The van der Waals surface area contributed by atoms with E-state index >= 15 is 0 Å². The first-order valence-electron chi connectivity index (χ1n) is 10.6. The van der Waals surface area contributed by atoms with Crippen LogP contribution in [0.5, 0.6) is 0 Å². The molecule has 0 bridgehead atoms. The summed E-state index contributed by atoms with van der Waals surface area (Å²) in [6.07, 6.45) is 3.87. The van der Waals surface area contributed by atoms with Gasteiger partial charge in [-0.2, -0.15) is 0 Å². The van der Waals surface area contributed by atoms with Crippen LogP contribution < -0.4 is 5.32 Å². The van der Waals surface area contributed by atoms with E-state index in [9.17, 15) is 0 Å². The van der Waals surface area contributed by atoms with Gasteiger partial charge in [-0.05, 0) is 74.6 Å². The molecule has 31 heavy (non-hydrogen) atoms. The lowest BCUT2D eigenvalue weighted by atomic mass is 10.1. The highest BCUT2D eigenvalue weighted by Gasteiger charge is 2.20. The van der Waals surface area contributed by atoms with Gasteiger partial charge in [0.15, 0.2) is 0 Å². The van der Waals surface area contributed by atoms with Gasteiger partial charge in [-0.3, -0.25) is 4.40 Å². The maximum Gasteiger partial charge on any atom is 0.139 e. The molecule has 0 saturated carbocycles. The van der Waals surface area contributed by atoms with E-state index in [0.717, 1.165) is 34.0 Å². The normalized spacial score (nSPS) is 11.4. The molecule has 3 heterocycles. The predicted molar refractivity (Wildman–Crippen MR) is 128 cm³/mol. The lowest BCUT2D eigenvalue weighted by Gasteiger charge is -2.22. The second-order valence-corrected chi connectivity index (χ2v) is 9.07. The quantitative estimate of drug-likeness (QED) is 0.415. The van der Waals surface area contributed by atoms with E-state index in [-0.39, 0.29) is 5.54 Å². The zero-order valence-electron chi connectivity index (χ0n) is 18.8. The van der Waals surface area contributed by atoms with Crippen molar-refractivity contribution in [2.75, 3.05) is 5.32 Å². The number of hydrogen-bond acceptors (Lipinski definition) is 3. The van der Waals surface area contributed by atoms with Crippen LogP contribution in [0.3, 0.4) is 0 Å². The van der Waals surface area contributed by atoms with Gasteiger partial charge in [0.25, 0.3) is 0 Å². The first-order valence-corrected chi connectivity index (χ1v) is 10.6. The van der Waals surface area contributed by atoms with Gasteiger partial charge in [0.05, 0.1) is 0 Å². The number of fused-ring (bicyclic) bond motifs is 1. The molecule has 156 valence electrons. The maximum absolute atomic E-state index is 5.01. The average Bonchev–Trinajstić information content (AvgIpc) is 3.09. The number of aromatic nitrogens is 3. The monoisotopic (exact) mass is 408 g/mol. The van der Waals surface area contributed by atoms with E-state index in [2.05, 4.69) is 91.6 Å². The third-order valence-electron chi connectivity index (χ3n) is 4.95. The van der Waals surface area contributed by atoms with Gasteiger partial charge in [0.2, 0.25) is 0 Å². The SMILES string of the molecule is CC(C)c1ccn2c(NC(C)(C)C)c(-c3cccc(C#Cc4ccccn4)c3)nc2c1. The highest BCUT2D eigenvalue weighted by Crippen LogP contribution is 2.32. The molecule has 3 aromatic heterocycles. The fraction of sp³-hybridized carbons (Fsp3) is 0.259. The molecule has 0 unspecified atom stereocenters. The summed E-state index contributed by atoms with van der Waals surface area (Å²) in [6.45, 7) is 10.9. The minimum Gasteiger partial charge on any atom is -0.365 e. The molecule has 0 spiro atoms. The molecule has 4 heteroatoms. The average molecular weight is 409 g/mol. The van der Waals surface area contributed by atoms with Gasteiger partial charge in [-0.25, -0.2) is 9.97 Å². The smallest absolute Gasteiger partial charge is 0.139 e. The van der Waals surface area contributed by atoms with Crippen LogP contribution >= 0.6 is 0 Å². The maximum atomic E-state index is 5.01.